The molecule has 0 aromatic rings. The Hall–Kier alpha value is 1.29. The first-order chi connectivity index (χ1) is 9.40. The molecule has 0 amide bonds. The molecule has 0 bridgehead atoms. The largest absolute Gasteiger partial charge is 4.00 e. The normalized spacial score (nSPS) is 15.3. The van der Waals surface area contributed by atoms with Gasteiger partial charge >= 0.3 is 25.8 Å². The number of hydrogen-bond donors (Lipinski definition) is 0. The van der Waals surface area contributed by atoms with E-state index in [4.69, 9.17) is 0 Å². The molecule has 0 aromatic heterocycles. The Morgan fingerprint density at radius 2 is 1.09 bits per heavy atom. The molecule has 0 heterocycles. The number of halogens is 2. The molecule has 2 aliphatic rings. The predicted molar refractivity (Wildman–Crippen MR) is 89.2 cm³/mol. The standard InChI is InChI=1S/2C10H15.Hf.2HI/c2*1-8(2)7-10-6-4-5-9(10)3;;;/h2*5,8H,4,7H2,1-3H3;;2*1H/q2*-1;+4;;/p-2. The van der Waals surface area contributed by atoms with Gasteiger partial charge in [-0.1, -0.05) is 40.5 Å². The predicted octanol–water partition coefficient (Wildman–Crippen LogP) is 0.230. The Bertz CT molecular complexity index is 399. The van der Waals surface area contributed by atoms with Crippen LogP contribution in [0.3, 0.4) is 0 Å². The summed E-state index contributed by atoms with van der Waals surface area (Å²) in [5, 5.41) is 0. The Morgan fingerprint density at radius 1 is 0.783 bits per heavy atom. The van der Waals surface area contributed by atoms with Crippen LogP contribution in [0.1, 0.15) is 67.2 Å². The van der Waals surface area contributed by atoms with Crippen molar-refractivity contribution in [2.75, 3.05) is 0 Å². The van der Waals surface area contributed by atoms with Crippen LogP contribution in [0.25, 0.3) is 0 Å². The number of rotatable bonds is 4. The summed E-state index contributed by atoms with van der Waals surface area (Å²) in [6.07, 6.45) is 15.7. The summed E-state index contributed by atoms with van der Waals surface area (Å²) < 4.78 is 0. The molecule has 0 saturated carbocycles. The van der Waals surface area contributed by atoms with E-state index < -0.39 is 0 Å². The van der Waals surface area contributed by atoms with Gasteiger partial charge in [0.05, 0.1) is 0 Å². The maximum atomic E-state index is 3.36. The first-order valence-electron chi connectivity index (χ1n) is 7.93. The minimum atomic E-state index is 0. The van der Waals surface area contributed by atoms with Crippen LogP contribution in [0.4, 0.5) is 0 Å². The smallest absolute Gasteiger partial charge is 1.00 e. The van der Waals surface area contributed by atoms with Gasteiger partial charge in [0.2, 0.25) is 0 Å². The summed E-state index contributed by atoms with van der Waals surface area (Å²) in [4.78, 5) is 0. The second-order valence-corrected chi connectivity index (χ2v) is 6.69. The van der Waals surface area contributed by atoms with Crippen molar-refractivity contribution >= 4 is 0 Å². The molecular weight excluding hydrogens is 673 g/mol. The van der Waals surface area contributed by atoms with E-state index in [-0.39, 0.29) is 73.8 Å². The van der Waals surface area contributed by atoms with Gasteiger partial charge in [0, 0.05) is 0 Å². The van der Waals surface area contributed by atoms with Crippen molar-refractivity contribution < 1.29 is 73.8 Å². The molecule has 0 nitrogen and oxygen atoms in total. The van der Waals surface area contributed by atoms with E-state index in [1.807, 2.05) is 0 Å². The summed E-state index contributed by atoms with van der Waals surface area (Å²) in [6.45, 7) is 13.4. The van der Waals surface area contributed by atoms with E-state index >= 15 is 0 Å². The first-order valence-corrected chi connectivity index (χ1v) is 7.93. The maximum absolute atomic E-state index is 3.36. The Morgan fingerprint density at radius 3 is 1.26 bits per heavy atom. The van der Waals surface area contributed by atoms with Gasteiger partial charge in [-0.15, -0.1) is 26.7 Å². The molecule has 0 unspecified atom stereocenters. The quantitative estimate of drug-likeness (QED) is 0.224. The van der Waals surface area contributed by atoms with E-state index in [2.05, 4.69) is 65.8 Å². The van der Waals surface area contributed by atoms with Crippen molar-refractivity contribution in [2.24, 2.45) is 11.8 Å². The monoisotopic (exact) mass is 704 g/mol. The molecule has 0 aromatic carbocycles. The van der Waals surface area contributed by atoms with Crippen molar-refractivity contribution in [2.45, 2.75) is 67.2 Å². The Kier molecular flexibility index (Phi) is 19.6. The minimum absolute atomic E-state index is 0. The van der Waals surface area contributed by atoms with Crippen LogP contribution in [0, 0.1) is 24.0 Å². The van der Waals surface area contributed by atoms with Gasteiger partial charge in [0.15, 0.2) is 0 Å². The fourth-order valence-electron chi connectivity index (χ4n) is 2.46. The summed E-state index contributed by atoms with van der Waals surface area (Å²) in [5.74, 6) is 1.54. The zero-order valence-electron chi connectivity index (χ0n) is 15.4. The van der Waals surface area contributed by atoms with Crippen LogP contribution in [0.2, 0.25) is 0 Å². The molecule has 128 valence electrons. The second kappa shape index (κ2) is 15.5. The van der Waals surface area contributed by atoms with Gasteiger partial charge < -0.3 is 48.0 Å². The third kappa shape index (κ3) is 12.3. The molecule has 3 heteroatoms. The zero-order chi connectivity index (χ0) is 15.1. The van der Waals surface area contributed by atoms with Crippen LogP contribution in [0.5, 0.6) is 0 Å². The summed E-state index contributed by atoms with van der Waals surface area (Å²) >= 11 is 0. The first kappa shape index (κ1) is 29.1. The summed E-state index contributed by atoms with van der Waals surface area (Å²) in [6, 6.07) is 0. The van der Waals surface area contributed by atoms with E-state index in [1.165, 1.54) is 35.1 Å². The van der Waals surface area contributed by atoms with Crippen molar-refractivity contribution in [3.8, 4) is 0 Å². The summed E-state index contributed by atoms with van der Waals surface area (Å²) in [5.41, 5.74) is 5.76. The number of allylic oxidation sites excluding steroid dienone is 8. The van der Waals surface area contributed by atoms with Gasteiger partial charge in [-0.25, -0.2) is 22.3 Å². The Labute approximate surface area is 197 Å². The molecule has 2 aliphatic carbocycles. The molecule has 0 atom stereocenters. The fraction of sp³-hybridized carbons (Fsp3) is 0.600. The average Bonchev–Trinajstić information content (AvgIpc) is 2.90. The topological polar surface area (TPSA) is 0 Å². The van der Waals surface area contributed by atoms with Crippen LogP contribution < -0.4 is 48.0 Å². The molecule has 23 heavy (non-hydrogen) atoms. The van der Waals surface area contributed by atoms with Crippen LogP contribution in [0.15, 0.2) is 34.4 Å². The Balaban J connectivity index is -0.000000308. The van der Waals surface area contributed by atoms with Gasteiger partial charge in [0.1, 0.15) is 0 Å². The van der Waals surface area contributed by atoms with E-state index in [0.29, 0.717) is 0 Å². The van der Waals surface area contributed by atoms with E-state index in [0.717, 1.165) is 24.7 Å². The van der Waals surface area contributed by atoms with Crippen molar-refractivity contribution in [1.29, 1.82) is 0 Å². The molecular formula is C20H30HfI2. The van der Waals surface area contributed by atoms with Crippen LogP contribution in [-0.2, 0) is 25.8 Å². The molecule has 0 fully saturated rings. The zero-order valence-corrected chi connectivity index (χ0v) is 23.3. The molecule has 0 N–H and O–H groups in total. The van der Waals surface area contributed by atoms with Gasteiger partial charge in [0.25, 0.3) is 0 Å². The molecule has 0 radical (unpaired) electrons. The second-order valence-electron chi connectivity index (χ2n) is 6.69. The van der Waals surface area contributed by atoms with E-state index in [9.17, 15) is 0 Å². The summed E-state index contributed by atoms with van der Waals surface area (Å²) in [7, 11) is 0. The van der Waals surface area contributed by atoms with Gasteiger partial charge in [-0.05, 0) is 11.8 Å². The van der Waals surface area contributed by atoms with Crippen LogP contribution >= 0.6 is 0 Å². The molecule has 0 aliphatic heterocycles. The molecule has 0 spiro atoms. The number of hydrogen-bond acceptors (Lipinski definition) is 0. The third-order valence-corrected chi connectivity index (χ3v) is 3.62. The van der Waals surface area contributed by atoms with E-state index in [1.54, 1.807) is 0 Å². The molecule has 2 rings (SSSR count). The minimum Gasteiger partial charge on any atom is -1.00 e. The van der Waals surface area contributed by atoms with Crippen LogP contribution in [-0.4, -0.2) is 0 Å². The van der Waals surface area contributed by atoms with Crippen molar-refractivity contribution in [3.05, 3.63) is 46.6 Å². The van der Waals surface area contributed by atoms with Gasteiger partial charge in [-0.2, -0.15) is 12.2 Å². The average molecular weight is 703 g/mol. The SMILES string of the molecule is CC1=CC[C-]=C1CC(C)C.CC1=CC[C-]=C1CC(C)C.[Hf+4].[I-].[I-]. The van der Waals surface area contributed by atoms with Crippen molar-refractivity contribution in [1.82, 2.24) is 0 Å². The third-order valence-electron chi connectivity index (χ3n) is 3.62. The van der Waals surface area contributed by atoms with Crippen molar-refractivity contribution in [3.63, 3.8) is 0 Å². The fourth-order valence-corrected chi connectivity index (χ4v) is 2.46. The van der Waals surface area contributed by atoms with Gasteiger partial charge in [-0.3, -0.25) is 12.2 Å². The maximum Gasteiger partial charge on any atom is 4.00 e. The molecule has 0 saturated heterocycles.